The maximum Gasteiger partial charge on any atom is -0.0162 e. The summed E-state index contributed by atoms with van der Waals surface area (Å²) >= 11 is 0. The first-order valence-corrected chi connectivity index (χ1v) is 14.5. The predicted molar refractivity (Wildman–Crippen MR) is 147 cm³/mol. The van der Waals surface area contributed by atoms with Crippen LogP contribution in [0.25, 0.3) is 11.1 Å². The van der Waals surface area contributed by atoms with Gasteiger partial charge in [0.15, 0.2) is 0 Å². The summed E-state index contributed by atoms with van der Waals surface area (Å²) in [4.78, 5) is 0. The van der Waals surface area contributed by atoms with Crippen LogP contribution in [0.2, 0.25) is 0 Å². The zero-order valence-electron chi connectivity index (χ0n) is 21.8. The molecule has 0 saturated heterocycles. The molecular weight excluding hydrogens is 396 g/mol. The summed E-state index contributed by atoms with van der Waals surface area (Å²) in [6.45, 7) is 4.60. The Kier molecular flexibility index (Phi) is 12.1. The molecule has 0 amide bonds. The zero-order valence-corrected chi connectivity index (χ0v) is 21.8. The molecule has 0 atom stereocenters. The van der Waals surface area contributed by atoms with Gasteiger partial charge in [-0.25, -0.2) is 0 Å². The third-order valence-corrected chi connectivity index (χ3v) is 8.05. The van der Waals surface area contributed by atoms with E-state index < -0.39 is 0 Å². The Morgan fingerprint density at radius 1 is 0.545 bits per heavy atom. The smallest absolute Gasteiger partial charge is 0.0162 e. The molecule has 1 saturated carbocycles. The average Bonchev–Trinajstić information content (AvgIpc) is 2.87. The second-order valence-corrected chi connectivity index (χ2v) is 10.8. The molecule has 0 unspecified atom stereocenters. The first-order valence-electron chi connectivity index (χ1n) is 14.5. The summed E-state index contributed by atoms with van der Waals surface area (Å²) in [6, 6.07) is 18.9. The van der Waals surface area contributed by atoms with Gasteiger partial charge in [-0.3, -0.25) is 0 Å². The molecule has 1 aliphatic rings. The van der Waals surface area contributed by atoms with Crippen molar-refractivity contribution in [3.05, 3.63) is 59.7 Å². The van der Waals surface area contributed by atoms with E-state index in [0.29, 0.717) is 0 Å². The minimum absolute atomic E-state index is 0.787. The quantitative estimate of drug-likeness (QED) is 0.239. The van der Waals surface area contributed by atoms with Gasteiger partial charge in [0.25, 0.3) is 0 Å². The van der Waals surface area contributed by atoms with E-state index in [0.717, 1.165) is 11.8 Å². The highest BCUT2D eigenvalue weighted by Crippen LogP contribution is 2.38. The molecule has 182 valence electrons. The van der Waals surface area contributed by atoms with Gasteiger partial charge in [0, 0.05) is 0 Å². The van der Waals surface area contributed by atoms with Crippen LogP contribution in [-0.2, 0) is 6.42 Å². The molecule has 0 heterocycles. The highest BCUT2D eigenvalue weighted by atomic mass is 14.3. The summed E-state index contributed by atoms with van der Waals surface area (Å²) in [7, 11) is 0. The maximum atomic E-state index is 2.41. The Balaban J connectivity index is 1.39. The Morgan fingerprint density at radius 2 is 1.06 bits per heavy atom. The van der Waals surface area contributed by atoms with Crippen LogP contribution in [0.4, 0.5) is 0 Å². The Bertz CT molecular complexity index is 731. The van der Waals surface area contributed by atoms with E-state index in [1.165, 1.54) is 126 Å². The maximum absolute atomic E-state index is 2.41. The fourth-order valence-corrected chi connectivity index (χ4v) is 5.74. The minimum atomic E-state index is 0.787. The summed E-state index contributed by atoms with van der Waals surface area (Å²) < 4.78 is 0. The molecule has 1 aliphatic carbocycles. The van der Waals surface area contributed by atoms with Crippen molar-refractivity contribution in [2.24, 2.45) is 5.92 Å². The van der Waals surface area contributed by atoms with Crippen LogP contribution in [0.15, 0.2) is 48.5 Å². The lowest BCUT2D eigenvalue weighted by Gasteiger charge is -2.29. The molecule has 0 nitrogen and oxygen atoms in total. The summed E-state index contributed by atoms with van der Waals surface area (Å²) in [5, 5.41) is 0. The molecule has 3 rings (SSSR count). The van der Waals surface area contributed by atoms with Gasteiger partial charge in [-0.15, -0.1) is 0 Å². The van der Waals surface area contributed by atoms with Gasteiger partial charge in [0.1, 0.15) is 0 Å². The zero-order chi connectivity index (χ0) is 23.1. The minimum Gasteiger partial charge on any atom is -0.0654 e. The molecule has 1 fully saturated rings. The van der Waals surface area contributed by atoms with E-state index >= 15 is 0 Å². The number of rotatable bonds is 15. The lowest BCUT2D eigenvalue weighted by atomic mass is 9.77. The van der Waals surface area contributed by atoms with Crippen molar-refractivity contribution in [2.75, 3.05) is 0 Å². The first kappa shape index (κ1) is 26.1. The van der Waals surface area contributed by atoms with Crippen molar-refractivity contribution in [2.45, 2.75) is 129 Å². The standard InChI is InChI=1S/C33H50/c1-3-5-7-9-11-13-15-29-18-22-31(23-19-29)33-26-24-32(25-27-33)30-20-16-28(17-21-30)14-12-10-8-6-4-2/h18-19,22-28,30H,3-17,20-21H2,1-2H3. The molecule has 2 aromatic rings. The lowest BCUT2D eigenvalue weighted by Crippen LogP contribution is -2.13. The van der Waals surface area contributed by atoms with Crippen molar-refractivity contribution >= 4 is 0 Å². The van der Waals surface area contributed by atoms with Crippen LogP contribution < -0.4 is 0 Å². The molecule has 0 bridgehead atoms. The molecule has 0 spiro atoms. The Labute approximate surface area is 205 Å². The van der Waals surface area contributed by atoms with Crippen LogP contribution in [0.3, 0.4) is 0 Å². The van der Waals surface area contributed by atoms with Crippen LogP contribution in [0.5, 0.6) is 0 Å². The first-order chi connectivity index (χ1) is 16.3. The van der Waals surface area contributed by atoms with Gasteiger partial charge in [-0.1, -0.05) is 133 Å². The van der Waals surface area contributed by atoms with Gasteiger partial charge in [0.05, 0.1) is 0 Å². The number of unbranched alkanes of at least 4 members (excludes halogenated alkanes) is 9. The molecule has 0 aliphatic heterocycles. The number of benzene rings is 2. The number of aryl methyl sites for hydroxylation is 1. The van der Waals surface area contributed by atoms with Gasteiger partial charge >= 0.3 is 0 Å². The van der Waals surface area contributed by atoms with E-state index in [2.05, 4.69) is 62.4 Å². The molecule has 0 heteroatoms. The average molecular weight is 447 g/mol. The molecule has 0 aromatic heterocycles. The van der Waals surface area contributed by atoms with Gasteiger partial charge in [-0.2, -0.15) is 0 Å². The monoisotopic (exact) mass is 446 g/mol. The number of hydrogen-bond donors (Lipinski definition) is 0. The molecule has 33 heavy (non-hydrogen) atoms. The van der Waals surface area contributed by atoms with Crippen LogP contribution in [-0.4, -0.2) is 0 Å². The van der Waals surface area contributed by atoms with Crippen molar-refractivity contribution in [1.29, 1.82) is 0 Å². The topological polar surface area (TPSA) is 0 Å². The molecule has 0 radical (unpaired) electrons. The van der Waals surface area contributed by atoms with E-state index in [1.54, 1.807) is 5.56 Å². The lowest BCUT2D eigenvalue weighted by molar-refractivity contribution is 0.302. The normalized spacial score (nSPS) is 18.5. The highest BCUT2D eigenvalue weighted by molar-refractivity contribution is 5.64. The van der Waals surface area contributed by atoms with Crippen molar-refractivity contribution in [3.63, 3.8) is 0 Å². The SMILES string of the molecule is CCCCCCCCc1ccc(-c2ccc(C3CCC(CCCCCCC)CC3)cc2)cc1. The van der Waals surface area contributed by atoms with Gasteiger partial charge < -0.3 is 0 Å². The fraction of sp³-hybridized carbons (Fsp3) is 0.636. The van der Waals surface area contributed by atoms with Gasteiger partial charge in [-0.05, 0) is 72.6 Å². The van der Waals surface area contributed by atoms with Crippen LogP contribution >= 0.6 is 0 Å². The van der Waals surface area contributed by atoms with E-state index in [1.807, 2.05) is 0 Å². The summed E-state index contributed by atoms with van der Waals surface area (Å²) in [5.41, 5.74) is 5.79. The Hall–Kier alpha value is -1.56. The van der Waals surface area contributed by atoms with Crippen LogP contribution in [0, 0.1) is 5.92 Å². The molecular formula is C33H50. The van der Waals surface area contributed by atoms with E-state index in [-0.39, 0.29) is 0 Å². The van der Waals surface area contributed by atoms with E-state index in [9.17, 15) is 0 Å². The second kappa shape index (κ2) is 15.4. The van der Waals surface area contributed by atoms with Crippen molar-refractivity contribution < 1.29 is 0 Å². The van der Waals surface area contributed by atoms with E-state index in [4.69, 9.17) is 0 Å². The van der Waals surface area contributed by atoms with Crippen LogP contribution in [0.1, 0.15) is 134 Å². The molecule has 2 aromatic carbocycles. The second-order valence-electron chi connectivity index (χ2n) is 10.8. The third kappa shape index (κ3) is 9.30. The summed E-state index contributed by atoms with van der Waals surface area (Å²) in [5.74, 6) is 1.78. The fourth-order valence-electron chi connectivity index (χ4n) is 5.74. The predicted octanol–water partition coefficient (Wildman–Crippen LogP) is 10.9. The van der Waals surface area contributed by atoms with Crippen molar-refractivity contribution in [1.82, 2.24) is 0 Å². The Morgan fingerprint density at radius 3 is 1.67 bits per heavy atom. The highest BCUT2D eigenvalue weighted by Gasteiger charge is 2.22. The largest absolute Gasteiger partial charge is 0.0654 e. The number of hydrogen-bond acceptors (Lipinski definition) is 0. The molecule has 0 N–H and O–H groups in total. The van der Waals surface area contributed by atoms with Crippen molar-refractivity contribution in [3.8, 4) is 11.1 Å². The summed E-state index contributed by atoms with van der Waals surface area (Å²) in [6.07, 6.45) is 23.8. The third-order valence-electron chi connectivity index (χ3n) is 8.05. The van der Waals surface area contributed by atoms with Gasteiger partial charge in [0.2, 0.25) is 0 Å².